The number of aliphatic hydroxyl groups excluding tert-OH is 2. The fourth-order valence-electron chi connectivity index (χ4n) is 7.93. The summed E-state index contributed by atoms with van der Waals surface area (Å²) < 4.78 is 5.91. The molecule has 1 amide bonds. The molecule has 6 heteroatoms. The van der Waals surface area contributed by atoms with Gasteiger partial charge in [-0.2, -0.15) is 0 Å². The third kappa shape index (κ3) is 45.9. The second kappa shape index (κ2) is 51.3. The third-order valence-corrected chi connectivity index (χ3v) is 12.0. The maximum atomic E-state index is 13.2. The number of amides is 1. The number of nitrogens with one attached hydrogen (secondary N) is 1. The number of carbonyl (C=O) groups excluding carboxylic acids is 2. The average molecular weight is 894 g/mol. The smallest absolute Gasteiger partial charge is 0.306 e. The number of allylic oxidation sites excluding steroid dienone is 12. The lowest BCUT2D eigenvalue weighted by Crippen LogP contribution is -2.46. The Labute approximate surface area is 396 Å². The summed E-state index contributed by atoms with van der Waals surface area (Å²) in [6.45, 7) is 6.34. The highest BCUT2D eigenvalue weighted by atomic mass is 16.5. The SMILES string of the molecule is CC/C=C\C/C=C\C/C=C\C/C=C\C/C=C\CCCC(CC(=O)NC(CO)C(O)CCCCCCCCCCCCCCCCCC)OC(=O)CCCCCCC/C=C\CCCCC. The van der Waals surface area contributed by atoms with E-state index in [0.29, 0.717) is 19.3 Å². The van der Waals surface area contributed by atoms with E-state index in [9.17, 15) is 19.8 Å². The first kappa shape index (κ1) is 61.3. The van der Waals surface area contributed by atoms with Crippen LogP contribution < -0.4 is 5.32 Å². The minimum Gasteiger partial charge on any atom is -0.462 e. The topological polar surface area (TPSA) is 95.9 Å². The molecule has 3 N–H and O–H groups in total. The summed E-state index contributed by atoms with van der Waals surface area (Å²) in [6, 6.07) is -0.724. The van der Waals surface area contributed by atoms with E-state index in [-0.39, 0.29) is 24.9 Å². The highest BCUT2D eigenvalue weighted by Crippen LogP contribution is 2.17. The highest BCUT2D eigenvalue weighted by molar-refractivity contribution is 5.77. The number of carbonyl (C=O) groups is 2. The number of ether oxygens (including phenoxy) is 1. The number of rotatable bonds is 48. The molecular formula is C58H103NO5. The maximum absolute atomic E-state index is 13.2. The Hall–Kier alpha value is -2.70. The molecule has 6 nitrogen and oxygen atoms in total. The van der Waals surface area contributed by atoms with Gasteiger partial charge in [0.25, 0.3) is 0 Å². The summed E-state index contributed by atoms with van der Waals surface area (Å²) in [7, 11) is 0. The molecule has 3 unspecified atom stereocenters. The summed E-state index contributed by atoms with van der Waals surface area (Å²) in [4.78, 5) is 26.2. The number of esters is 1. The van der Waals surface area contributed by atoms with Gasteiger partial charge in [-0.1, -0.05) is 229 Å². The van der Waals surface area contributed by atoms with Crippen LogP contribution in [0.25, 0.3) is 0 Å². The molecule has 0 aliphatic rings. The van der Waals surface area contributed by atoms with Gasteiger partial charge in [0.1, 0.15) is 6.10 Å². The number of unbranched alkanes of at least 4 members (excludes halogenated alkanes) is 24. The zero-order valence-corrected chi connectivity index (χ0v) is 42.1. The van der Waals surface area contributed by atoms with Gasteiger partial charge in [-0.15, -0.1) is 0 Å². The van der Waals surface area contributed by atoms with Crippen molar-refractivity contribution in [1.82, 2.24) is 5.32 Å². The molecule has 0 spiro atoms. The molecule has 0 aliphatic carbocycles. The lowest BCUT2D eigenvalue weighted by molar-refractivity contribution is -0.151. The van der Waals surface area contributed by atoms with E-state index in [1.54, 1.807) is 0 Å². The first-order valence-electron chi connectivity index (χ1n) is 27.2. The second-order valence-electron chi connectivity index (χ2n) is 18.2. The minimum absolute atomic E-state index is 0.0334. The fraction of sp³-hybridized carbons (Fsp3) is 0.759. The summed E-state index contributed by atoms with van der Waals surface area (Å²) in [5.41, 5.74) is 0. The van der Waals surface area contributed by atoms with Gasteiger partial charge in [0.05, 0.1) is 25.2 Å². The quantitative estimate of drug-likeness (QED) is 0.0321. The van der Waals surface area contributed by atoms with Crippen molar-refractivity contribution < 1.29 is 24.5 Å². The van der Waals surface area contributed by atoms with Crippen LogP contribution in [-0.4, -0.2) is 46.9 Å². The van der Waals surface area contributed by atoms with Crippen LogP contribution in [0.3, 0.4) is 0 Å². The van der Waals surface area contributed by atoms with Crippen LogP contribution in [0.1, 0.15) is 258 Å². The summed E-state index contributed by atoms with van der Waals surface area (Å²) in [5, 5.41) is 23.8. The van der Waals surface area contributed by atoms with E-state index in [1.165, 1.54) is 122 Å². The zero-order chi connectivity index (χ0) is 46.7. The minimum atomic E-state index is -0.807. The van der Waals surface area contributed by atoms with Gasteiger partial charge in [-0.3, -0.25) is 9.59 Å². The van der Waals surface area contributed by atoms with E-state index < -0.39 is 18.2 Å². The molecule has 0 heterocycles. The Morgan fingerprint density at radius 1 is 0.469 bits per heavy atom. The lowest BCUT2D eigenvalue weighted by Gasteiger charge is -2.24. The highest BCUT2D eigenvalue weighted by Gasteiger charge is 2.24. The molecule has 0 saturated heterocycles. The molecular weight excluding hydrogens is 791 g/mol. The van der Waals surface area contributed by atoms with Crippen molar-refractivity contribution >= 4 is 11.9 Å². The second-order valence-corrected chi connectivity index (χ2v) is 18.2. The van der Waals surface area contributed by atoms with Gasteiger partial charge in [0.15, 0.2) is 0 Å². The Morgan fingerprint density at radius 3 is 1.36 bits per heavy atom. The van der Waals surface area contributed by atoms with Crippen LogP contribution in [0.2, 0.25) is 0 Å². The Morgan fingerprint density at radius 2 is 0.859 bits per heavy atom. The number of hydrogen-bond acceptors (Lipinski definition) is 5. The van der Waals surface area contributed by atoms with Crippen LogP contribution in [0.15, 0.2) is 72.9 Å². The molecule has 0 bridgehead atoms. The van der Waals surface area contributed by atoms with Gasteiger partial charge >= 0.3 is 5.97 Å². The molecule has 0 radical (unpaired) electrons. The zero-order valence-electron chi connectivity index (χ0n) is 42.1. The molecule has 3 atom stereocenters. The monoisotopic (exact) mass is 894 g/mol. The van der Waals surface area contributed by atoms with E-state index in [0.717, 1.165) is 89.9 Å². The predicted octanol–water partition coefficient (Wildman–Crippen LogP) is 16.6. The molecule has 0 aromatic carbocycles. The molecule has 0 aromatic heterocycles. The Kier molecular flexibility index (Phi) is 49.1. The van der Waals surface area contributed by atoms with Gasteiger partial charge in [0, 0.05) is 6.42 Å². The molecule has 0 aromatic rings. The van der Waals surface area contributed by atoms with Gasteiger partial charge in [-0.05, 0) is 89.9 Å². The van der Waals surface area contributed by atoms with E-state index >= 15 is 0 Å². The molecule has 0 aliphatic heterocycles. The predicted molar refractivity (Wildman–Crippen MR) is 278 cm³/mol. The van der Waals surface area contributed by atoms with Crippen LogP contribution in [0.5, 0.6) is 0 Å². The van der Waals surface area contributed by atoms with Crippen molar-refractivity contribution in [2.75, 3.05) is 6.61 Å². The maximum Gasteiger partial charge on any atom is 0.306 e. The summed E-state index contributed by atoms with van der Waals surface area (Å²) in [5.74, 6) is -0.540. The van der Waals surface area contributed by atoms with E-state index in [2.05, 4.69) is 99.0 Å². The van der Waals surface area contributed by atoms with Gasteiger partial charge < -0.3 is 20.3 Å². The first-order valence-corrected chi connectivity index (χ1v) is 27.2. The number of aliphatic hydroxyl groups is 2. The normalized spacial score (nSPS) is 13.8. The van der Waals surface area contributed by atoms with Crippen molar-refractivity contribution in [3.05, 3.63) is 72.9 Å². The van der Waals surface area contributed by atoms with Crippen molar-refractivity contribution in [3.8, 4) is 0 Å². The van der Waals surface area contributed by atoms with E-state index in [4.69, 9.17) is 4.74 Å². The summed E-state index contributed by atoms with van der Waals surface area (Å²) in [6.07, 6.45) is 65.4. The molecule has 0 saturated carbocycles. The average Bonchev–Trinajstić information content (AvgIpc) is 3.29. The standard InChI is InChI=1S/C58H103NO5/c1-4-7-10-13-16-19-22-25-27-29-30-32-34-37-40-43-46-49-54(64-58(63)51-48-45-42-39-36-24-21-18-15-12-9-6-3)52-57(62)59-55(53-60)56(61)50-47-44-41-38-35-33-31-28-26-23-20-17-14-11-8-5-2/h7,10,16,18-19,21,25,27,30,32,37,40,54-56,60-61H,4-6,8-9,11-15,17,20,22-24,26,28-29,31,33-36,38-39,41-53H2,1-3H3,(H,59,62)/b10-7-,19-16-,21-18-,27-25-,32-30-,40-37-. The molecule has 370 valence electrons. The van der Waals surface area contributed by atoms with Crippen LogP contribution in [0, 0.1) is 0 Å². The van der Waals surface area contributed by atoms with Crippen LogP contribution in [-0.2, 0) is 14.3 Å². The fourth-order valence-corrected chi connectivity index (χ4v) is 7.93. The Balaban J connectivity index is 4.66. The van der Waals surface area contributed by atoms with Gasteiger partial charge in [0.2, 0.25) is 5.91 Å². The molecule has 0 rings (SSSR count). The molecule has 64 heavy (non-hydrogen) atoms. The van der Waals surface area contributed by atoms with Crippen molar-refractivity contribution in [2.24, 2.45) is 0 Å². The largest absolute Gasteiger partial charge is 0.462 e. The van der Waals surface area contributed by atoms with Crippen molar-refractivity contribution in [3.63, 3.8) is 0 Å². The van der Waals surface area contributed by atoms with Crippen LogP contribution >= 0.6 is 0 Å². The van der Waals surface area contributed by atoms with E-state index in [1.807, 2.05) is 0 Å². The Bertz CT molecular complexity index is 1190. The third-order valence-electron chi connectivity index (χ3n) is 12.0. The van der Waals surface area contributed by atoms with Gasteiger partial charge in [-0.25, -0.2) is 0 Å². The lowest BCUT2D eigenvalue weighted by atomic mass is 10.0. The van der Waals surface area contributed by atoms with Crippen LogP contribution in [0.4, 0.5) is 0 Å². The van der Waals surface area contributed by atoms with Crippen molar-refractivity contribution in [1.29, 1.82) is 0 Å². The molecule has 0 fully saturated rings. The first-order chi connectivity index (χ1) is 31.5. The summed E-state index contributed by atoms with van der Waals surface area (Å²) >= 11 is 0. The number of hydrogen-bond donors (Lipinski definition) is 3. The van der Waals surface area contributed by atoms with Crippen molar-refractivity contribution in [2.45, 2.75) is 277 Å².